The first kappa shape index (κ1) is 93.1. The molecule has 0 aliphatic heterocycles. The zero-order chi connectivity index (χ0) is 69.8. The van der Waals surface area contributed by atoms with Crippen LogP contribution < -0.4 is 0 Å². The van der Waals surface area contributed by atoms with Crippen molar-refractivity contribution in [1.82, 2.24) is 0 Å². The molecule has 19 heteroatoms. The lowest BCUT2D eigenvalue weighted by Gasteiger charge is -2.21. The summed E-state index contributed by atoms with van der Waals surface area (Å²) >= 11 is 0. The summed E-state index contributed by atoms with van der Waals surface area (Å²) in [5.41, 5.74) is 0. The first-order chi connectivity index (χ1) is 46.0. The van der Waals surface area contributed by atoms with Gasteiger partial charge in [-0.15, -0.1) is 0 Å². The zero-order valence-corrected chi connectivity index (χ0v) is 63.6. The molecule has 0 aromatic rings. The van der Waals surface area contributed by atoms with Crippen LogP contribution in [0.1, 0.15) is 401 Å². The van der Waals surface area contributed by atoms with Crippen molar-refractivity contribution in [2.24, 2.45) is 5.92 Å². The van der Waals surface area contributed by atoms with E-state index in [0.29, 0.717) is 25.7 Å². The van der Waals surface area contributed by atoms with E-state index in [2.05, 4.69) is 34.6 Å². The molecule has 0 heterocycles. The lowest BCUT2D eigenvalue weighted by atomic mass is 10.0. The van der Waals surface area contributed by atoms with E-state index in [0.717, 1.165) is 102 Å². The summed E-state index contributed by atoms with van der Waals surface area (Å²) in [6.45, 7) is 7.26. The Kier molecular flexibility index (Phi) is 67.7. The first-order valence-corrected chi connectivity index (χ1v) is 42.6. The number of esters is 4. The first-order valence-electron chi connectivity index (χ1n) is 39.6. The summed E-state index contributed by atoms with van der Waals surface area (Å²) in [5.74, 6) is -1.36. The van der Waals surface area contributed by atoms with Crippen LogP contribution in [0, 0.1) is 5.92 Å². The summed E-state index contributed by atoms with van der Waals surface area (Å²) in [4.78, 5) is 72.7. The predicted molar refractivity (Wildman–Crippen MR) is 386 cm³/mol. The minimum Gasteiger partial charge on any atom is -0.462 e. The highest BCUT2D eigenvalue weighted by Gasteiger charge is 2.30. The lowest BCUT2D eigenvalue weighted by Crippen LogP contribution is -2.30. The Balaban J connectivity index is 5.17. The third-order valence-electron chi connectivity index (χ3n) is 17.8. The monoisotopic (exact) mass is 1400 g/mol. The van der Waals surface area contributed by atoms with E-state index >= 15 is 0 Å². The van der Waals surface area contributed by atoms with Gasteiger partial charge in [0.25, 0.3) is 0 Å². The minimum atomic E-state index is -4.96. The van der Waals surface area contributed by atoms with E-state index in [4.69, 9.17) is 37.0 Å². The van der Waals surface area contributed by atoms with Crippen molar-refractivity contribution in [2.45, 2.75) is 419 Å². The fourth-order valence-electron chi connectivity index (χ4n) is 11.7. The Morgan fingerprint density at radius 2 is 0.484 bits per heavy atom. The molecular weight excluding hydrogens is 1250 g/mol. The lowest BCUT2D eigenvalue weighted by molar-refractivity contribution is -0.161. The SMILES string of the molecule is CCCCCCCCCCCCCCCCCCCCCCCC(=O)O[C@H](COC(=O)CCCCCCCCCCCCC(C)C)COP(=O)(O)OC[C@@H](O)COP(=O)(O)OC[C@@H](COC(=O)CCCCCCCCCC)OC(=O)CCCCCCCCCCCCCCC. The maximum Gasteiger partial charge on any atom is 0.472 e. The predicted octanol–water partition coefficient (Wildman–Crippen LogP) is 22.5. The van der Waals surface area contributed by atoms with E-state index in [1.807, 2.05) is 0 Å². The zero-order valence-electron chi connectivity index (χ0n) is 61.8. The van der Waals surface area contributed by atoms with Gasteiger partial charge in [0, 0.05) is 25.7 Å². The molecule has 0 radical (unpaired) electrons. The topological polar surface area (TPSA) is 237 Å². The number of aliphatic hydroxyl groups excluding tert-OH is 1. The van der Waals surface area contributed by atoms with Crippen LogP contribution in [0.15, 0.2) is 0 Å². The van der Waals surface area contributed by atoms with Crippen LogP contribution in [-0.2, 0) is 65.4 Å². The molecule has 0 aromatic heterocycles. The van der Waals surface area contributed by atoms with Crippen LogP contribution in [0.3, 0.4) is 0 Å². The fraction of sp³-hybridized carbons (Fsp3) is 0.947. The van der Waals surface area contributed by atoms with Crippen LogP contribution in [0.25, 0.3) is 0 Å². The Morgan fingerprint density at radius 3 is 0.716 bits per heavy atom. The molecule has 0 saturated heterocycles. The maximum atomic E-state index is 13.1. The van der Waals surface area contributed by atoms with Gasteiger partial charge in [0.15, 0.2) is 12.2 Å². The van der Waals surface area contributed by atoms with E-state index in [1.54, 1.807) is 0 Å². The number of rotatable bonds is 76. The normalized spacial score (nSPS) is 13.9. The van der Waals surface area contributed by atoms with Crippen molar-refractivity contribution in [3.8, 4) is 0 Å². The maximum absolute atomic E-state index is 13.1. The summed E-state index contributed by atoms with van der Waals surface area (Å²) < 4.78 is 68.4. The van der Waals surface area contributed by atoms with Gasteiger partial charge in [0.2, 0.25) is 0 Å². The summed E-state index contributed by atoms with van der Waals surface area (Å²) in [6, 6.07) is 0. The van der Waals surface area contributed by atoms with Gasteiger partial charge in [-0.2, -0.15) is 0 Å². The van der Waals surface area contributed by atoms with Crippen LogP contribution in [-0.4, -0.2) is 96.7 Å². The standard InChI is InChI=1S/C76H148O17P2/c1-6-9-12-15-18-21-23-25-26-27-28-29-30-31-32-34-36-42-47-52-57-62-76(81)93-72(66-87-74(79)60-55-50-45-40-38-37-39-43-48-53-58-69(4)5)68-91-95(84,85)89-64-70(77)63-88-94(82,83)90-67-71(65-86-73(78)59-54-49-44-20-17-14-11-8-3)92-75(80)61-56-51-46-41-35-33-24-22-19-16-13-10-7-2/h69-72,77H,6-68H2,1-5H3,(H,82,83)(H,84,85)/t70-,71+,72+/m0/s1. The quantitative estimate of drug-likeness (QED) is 0.0222. The summed E-state index contributed by atoms with van der Waals surface area (Å²) in [6.07, 6.45) is 58.4. The number of carbonyl (C=O) groups is 4. The molecule has 0 bridgehead atoms. The number of phosphoric ester groups is 2. The third kappa shape index (κ3) is 70.3. The van der Waals surface area contributed by atoms with Crippen molar-refractivity contribution in [1.29, 1.82) is 0 Å². The summed E-state index contributed by atoms with van der Waals surface area (Å²) in [5, 5.41) is 10.6. The van der Waals surface area contributed by atoms with Crippen LogP contribution >= 0.6 is 15.6 Å². The van der Waals surface area contributed by atoms with Crippen molar-refractivity contribution >= 4 is 39.5 Å². The van der Waals surface area contributed by atoms with Gasteiger partial charge >= 0.3 is 39.5 Å². The van der Waals surface area contributed by atoms with Crippen LogP contribution in [0.2, 0.25) is 0 Å². The Hall–Kier alpha value is -1.94. The van der Waals surface area contributed by atoms with Crippen molar-refractivity contribution in [3.63, 3.8) is 0 Å². The van der Waals surface area contributed by atoms with Crippen molar-refractivity contribution < 1.29 is 80.2 Å². The Morgan fingerprint density at radius 1 is 0.284 bits per heavy atom. The molecule has 0 aliphatic rings. The van der Waals surface area contributed by atoms with Gasteiger partial charge in [-0.05, 0) is 31.6 Å². The molecule has 3 N–H and O–H groups in total. The second-order valence-corrected chi connectivity index (χ2v) is 30.8. The van der Waals surface area contributed by atoms with E-state index in [1.165, 1.54) is 218 Å². The summed E-state index contributed by atoms with van der Waals surface area (Å²) in [7, 11) is -9.90. The van der Waals surface area contributed by atoms with Crippen molar-refractivity contribution in [3.05, 3.63) is 0 Å². The molecule has 0 spiro atoms. The highest BCUT2D eigenvalue weighted by atomic mass is 31.2. The van der Waals surface area contributed by atoms with Crippen LogP contribution in [0.5, 0.6) is 0 Å². The number of hydrogen-bond acceptors (Lipinski definition) is 15. The van der Waals surface area contributed by atoms with E-state index in [-0.39, 0.29) is 25.7 Å². The molecule has 0 aromatic carbocycles. The number of aliphatic hydroxyl groups is 1. The van der Waals surface area contributed by atoms with Gasteiger partial charge in [-0.3, -0.25) is 37.3 Å². The minimum absolute atomic E-state index is 0.108. The van der Waals surface area contributed by atoms with Crippen molar-refractivity contribution in [2.75, 3.05) is 39.6 Å². The second kappa shape index (κ2) is 69.2. The smallest absolute Gasteiger partial charge is 0.462 e. The van der Waals surface area contributed by atoms with Gasteiger partial charge < -0.3 is 33.8 Å². The highest BCUT2D eigenvalue weighted by molar-refractivity contribution is 7.47. The van der Waals surface area contributed by atoms with Crippen LogP contribution in [0.4, 0.5) is 0 Å². The Bertz CT molecular complexity index is 1820. The molecule has 564 valence electrons. The Labute approximate surface area is 581 Å². The molecule has 5 atom stereocenters. The average Bonchev–Trinajstić information content (AvgIpc) is 1.83. The van der Waals surface area contributed by atoms with Gasteiger partial charge in [-0.25, -0.2) is 9.13 Å². The number of carbonyl (C=O) groups excluding carboxylic acids is 4. The largest absolute Gasteiger partial charge is 0.472 e. The van der Waals surface area contributed by atoms with Gasteiger partial charge in [0.1, 0.15) is 19.3 Å². The van der Waals surface area contributed by atoms with E-state index in [9.17, 15) is 43.2 Å². The molecule has 95 heavy (non-hydrogen) atoms. The highest BCUT2D eigenvalue weighted by Crippen LogP contribution is 2.45. The molecule has 0 saturated carbocycles. The van der Waals surface area contributed by atoms with Gasteiger partial charge in [0.05, 0.1) is 26.4 Å². The molecule has 0 aliphatic carbocycles. The van der Waals surface area contributed by atoms with E-state index < -0.39 is 97.5 Å². The molecule has 17 nitrogen and oxygen atoms in total. The number of phosphoric acid groups is 2. The molecule has 0 rings (SSSR count). The fourth-order valence-corrected chi connectivity index (χ4v) is 13.3. The molecule has 0 fully saturated rings. The molecule has 2 unspecified atom stereocenters. The number of unbranched alkanes of at least 4 members (excludes halogenated alkanes) is 48. The second-order valence-electron chi connectivity index (χ2n) is 27.9. The van der Waals surface area contributed by atoms with Gasteiger partial charge in [-0.1, -0.05) is 349 Å². The number of hydrogen-bond donors (Lipinski definition) is 3. The third-order valence-corrected chi connectivity index (χ3v) is 19.7. The number of ether oxygens (including phenoxy) is 4. The molecular formula is C76H148O17P2. The average molecular weight is 1400 g/mol. The molecule has 0 amide bonds.